The minimum atomic E-state index is 0.0177. The second kappa shape index (κ2) is 5.85. The van der Waals surface area contributed by atoms with Crippen LogP contribution in [0.3, 0.4) is 0 Å². The van der Waals surface area contributed by atoms with Crippen LogP contribution in [-0.2, 0) is 7.05 Å². The summed E-state index contributed by atoms with van der Waals surface area (Å²) in [4.78, 5) is 14.7. The molecule has 0 N–H and O–H groups in total. The van der Waals surface area contributed by atoms with Crippen LogP contribution in [0.15, 0.2) is 24.3 Å². The van der Waals surface area contributed by atoms with Crippen molar-refractivity contribution in [2.24, 2.45) is 13.0 Å². The Morgan fingerprint density at radius 3 is 2.92 bits per heavy atom. The summed E-state index contributed by atoms with van der Waals surface area (Å²) < 4.78 is 12.5. The second-order valence-electron chi connectivity index (χ2n) is 6.61. The lowest BCUT2D eigenvalue weighted by molar-refractivity contribution is 0.0676. The van der Waals surface area contributed by atoms with Crippen molar-refractivity contribution in [2.75, 3.05) is 19.9 Å². The first-order valence-electron chi connectivity index (χ1n) is 8.35. The van der Waals surface area contributed by atoms with Crippen LogP contribution in [0, 0.1) is 5.92 Å². The molecule has 1 aromatic heterocycles. The summed E-state index contributed by atoms with van der Waals surface area (Å²) in [7, 11) is 1.86. The van der Waals surface area contributed by atoms with Gasteiger partial charge in [-0.15, -0.1) is 0 Å². The van der Waals surface area contributed by atoms with Gasteiger partial charge < -0.3 is 14.4 Å². The van der Waals surface area contributed by atoms with E-state index in [0.29, 0.717) is 11.6 Å². The van der Waals surface area contributed by atoms with E-state index in [1.54, 1.807) is 4.68 Å². The van der Waals surface area contributed by atoms with Gasteiger partial charge in [0.05, 0.1) is 5.69 Å². The van der Waals surface area contributed by atoms with Crippen molar-refractivity contribution >= 4 is 5.91 Å². The SMILES string of the molecule is CC1CCCN(C(=O)c2cc(-c3ccc4c(c3)OCO4)n(C)n2)C1. The summed E-state index contributed by atoms with van der Waals surface area (Å²) in [5, 5.41) is 4.43. The molecule has 4 rings (SSSR count). The number of piperidine rings is 1. The lowest BCUT2D eigenvalue weighted by atomic mass is 10.00. The highest BCUT2D eigenvalue weighted by atomic mass is 16.7. The molecule has 1 saturated heterocycles. The summed E-state index contributed by atoms with van der Waals surface area (Å²) in [6, 6.07) is 7.63. The number of aryl methyl sites for hydroxylation is 1. The number of carbonyl (C=O) groups excluding carboxylic acids is 1. The molecule has 1 aromatic carbocycles. The van der Waals surface area contributed by atoms with Gasteiger partial charge in [0.25, 0.3) is 5.91 Å². The normalized spacial score (nSPS) is 19.6. The van der Waals surface area contributed by atoms with Crippen molar-refractivity contribution in [3.63, 3.8) is 0 Å². The summed E-state index contributed by atoms with van der Waals surface area (Å²) in [6.45, 7) is 4.07. The monoisotopic (exact) mass is 327 g/mol. The van der Waals surface area contributed by atoms with Crippen molar-refractivity contribution in [1.82, 2.24) is 14.7 Å². The van der Waals surface area contributed by atoms with Gasteiger partial charge in [-0.05, 0) is 43.0 Å². The number of aromatic nitrogens is 2. The molecule has 3 heterocycles. The van der Waals surface area contributed by atoms with Crippen LogP contribution in [0.1, 0.15) is 30.3 Å². The van der Waals surface area contributed by atoms with Crippen LogP contribution in [0.2, 0.25) is 0 Å². The Bertz CT molecular complexity index is 784. The van der Waals surface area contributed by atoms with E-state index in [1.807, 2.05) is 36.2 Å². The maximum atomic E-state index is 12.7. The number of rotatable bonds is 2. The Balaban J connectivity index is 1.61. The Morgan fingerprint density at radius 1 is 1.25 bits per heavy atom. The standard InChI is InChI=1S/C18H21N3O3/c1-12-4-3-7-21(10-12)18(22)14-9-15(20(2)19-14)13-5-6-16-17(8-13)24-11-23-16/h5-6,8-9,12H,3-4,7,10-11H2,1-2H3. The molecule has 1 atom stereocenters. The molecule has 0 bridgehead atoms. The number of hydrogen-bond donors (Lipinski definition) is 0. The zero-order valence-electron chi connectivity index (χ0n) is 14.0. The topological polar surface area (TPSA) is 56.6 Å². The molecule has 24 heavy (non-hydrogen) atoms. The Hall–Kier alpha value is -2.50. The van der Waals surface area contributed by atoms with Crippen LogP contribution < -0.4 is 9.47 Å². The molecule has 6 heteroatoms. The number of benzene rings is 1. The van der Waals surface area contributed by atoms with E-state index in [1.165, 1.54) is 6.42 Å². The van der Waals surface area contributed by atoms with Crippen molar-refractivity contribution in [2.45, 2.75) is 19.8 Å². The number of fused-ring (bicyclic) bond motifs is 1. The summed E-state index contributed by atoms with van der Waals surface area (Å²) >= 11 is 0. The molecule has 0 radical (unpaired) electrons. The van der Waals surface area contributed by atoms with E-state index < -0.39 is 0 Å². The van der Waals surface area contributed by atoms with Crippen LogP contribution >= 0.6 is 0 Å². The third-order valence-electron chi connectivity index (χ3n) is 4.71. The van der Waals surface area contributed by atoms with Crippen molar-refractivity contribution in [1.29, 1.82) is 0 Å². The largest absolute Gasteiger partial charge is 0.454 e. The fraction of sp³-hybridized carbons (Fsp3) is 0.444. The second-order valence-corrected chi connectivity index (χ2v) is 6.61. The minimum Gasteiger partial charge on any atom is -0.454 e. The molecule has 2 aromatic rings. The number of ether oxygens (including phenoxy) is 2. The summed E-state index contributed by atoms with van der Waals surface area (Å²) in [5.41, 5.74) is 2.35. The molecule has 2 aliphatic heterocycles. The minimum absolute atomic E-state index is 0.0177. The third kappa shape index (κ3) is 2.62. The van der Waals surface area contributed by atoms with Gasteiger partial charge in [0.1, 0.15) is 0 Å². The van der Waals surface area contributed by atoms with Gasteiger partial charge >= 0.3 is 0 Å². The highest BCUT2D eigenvalue weighted by Crippen LogP contribution is 2.36. The number of carbonyl (C=O) groups is 1. The maximum absolute atomic E-state index is 12.7. The van der Waals surface area contributed by atoms with Gasteiger partial charge in [-0.1, -0.05) is 6.92 Å². The average Bonchev–Trinajstić information content (AvgIpc) is 3.19. The van der Waals surface area contributed by atoms with Gasteiger partial charge in [0.15, 0.2) is 17.2 Å². The molecule has 1 amide bonds. The first-order chi connectivity index (χ1) is 11.6. The molecule has 0 saturated carbocycles. The van der Waals surface area contributed by atoms with Crippen LogP contribution in [0.25, 0.3) is 11.3 Å². The molecular formula is C18H21N3O3. The van der Waals surface area contributed by atoms with Crippen LogP contribution in [-0.4, -0.2) is 40.5 Å². The van der Waals surface area contributed by atoms with Gasteiger partial charge in [0.2, 0.25) is 6.79 Å². The number of likely N-dealkylation sites (tertiary alicyclic amines) is 1. The molecule has 0 aliphatic carbocycles. The van der Waals surface area contributed by atoms with Crippen molar-refractivity contribution < 1.29 is 14.3 Å². The molecule has 6 nitrogen and oxygen atoms in total. The van der Waals surface area contributed by atoms with Crippen LogP contribution in [0.5, 0.6) is 11.5 Å². The first-order valence-corrected chi connectivity index (χ1v) is 8.35. The first kappa shape index (κ1) is 15.1. The van der Waals surface area contributed by atoms with E-state index >= 15 is 0 Å². The van der Waals surface area contributed by atoms with Gasteiger partial charge in [0, 0.05) is 25.7 Å². The van der Waals surface area contributed by atoms with Crippen molar-refractivity contribution in [3.8, 4) is 22.8 Å². The average molecular weight is 327 g/mol. The molecule has 2 aliphatic rings. The molecule has 1 unspecified atom stereocenters. The van der Waals surface area contributed by atoms with Crippen LogP contribution in [0.4, 0.5) is 0 Å². The van der Waals surface area contributed by atoms with Gasteiger partial charge in [-0.3, -0.25) is 9.48 Å². The quantitative estimate of drug-likeness (QED) is 0.851. The maximum Gasteiger partial charge on any atom is 0.274 e. The highest BCUT2D eigenvalue weighted by Gasteiger charge is 2.25. The highest BCUT2D eigenvalue weighted by molar-refractivity contribution is 5.93. The smallest absolute Gasteiger partial charge is 0.274 e. The van der Waals surface area contributed by atoms with E-state index in [4.69, 9.17) is 9.47 Å². The van der Waals surface area contributed by atoms with Gasteiger partial charge in [-0.2, -0.15) is 5.10 Å². The number of hydrogen-bond acceptors (Lipinski definition) is 4. The van der Waals surface area contributed by atoms with Gasteiger partial charge in [-0.25, -0.2) is 0 Å². The van der Waals surface area contributed by atoms with E-state index in [9.17, 15) is 4.79 Å². The molecule has 1 fully saturated rings. The fourth-order valence-electron chi connectivity index (χ4n) is 3.43. The van der Waals surface area contributed by atoms with E-state index in [0.717, 1.165) is 42.3 Å². The Labute approximate surface area is 141 Å². The van der Waals surface area contributed by atoms with E-state index in [2.05, 4.69) is 12.0 Å². The molecular weight excluding hydrogens is 306 g/mol. The zero-order chi connectivity index (χ0) is 16.7. The molecule has 0 spiro atoms. The summed E-state index contributed by atoms with van der Waals surface area (Å²) in [6.07, 6.45) is 2.25. The van der Waals surface area contributed by atoms with E-state index in [-0.39, 0.29) is 12.7 Å². The number of amides is 1. The predicted molar refractivity (Wildman–Crippen MR) is 89.1 cm³/mol. The number of nitrogens with zero attached hydrogens (tertiary/aromatic N) is 3. The lowest BCUT2D eigenvalue weighted by Crippen LogP contribution is -2.39. The lowest BCUT2D eigenvalue weighted by Gasteiger charge is -2.30. The fourth-order valence-corrected chi connectivity index (χ4v) is 3.43. The molecule has 126 valence electrons. The Kier molecular flexibility index (Phi) is 3.67. The Morgan fingerprint density at radius 2 is 2.08 bits per heavy atom. The zero-order valence-corrected chi connectivity index (χ0v) is 14.0. The van der Waals surface area contributed by atoms with Crippen molar-refractivity contribution in [3.05, 3.63) is 30.0 Å². The summed E-state index contributed by atoms with van der Waals surface area (Å²) in [5.74, 6) is 2.05. The third-order valence-corrected chi connectivity index (χ3v) is 4.71. The predicted octanol–water partition coefficient (Wildman–Crippen LogP) is 2.69.